The number of nitrogens with zero attached hydrogens (tertiary/aromatic N) is 1. The Kier molecular flexibility index (Phi) is 6.64. The highest BCUT2D eigenvalue weighted by atomic mass is 79.9. The van der Waals surface area contributed by atoms with Crippen molar-refractivity contribution in [2.24, 2.45) is 0 Å². The maximum absolute atomic E-state index is 12.5. The summed E-state index contributed by atoms with van der Waals surface area (Å²) in [7, 11) is 0. The predicted octanol–water partition coefficient (Wildman–Crippen LogP) is 4.39. The maximum atomic E-state index is 12.5. The molecule has 0 aliphatic rings. The topological polar surface area (TPSA) is 49.4 Å². The Morgan fingerprint density at radius 3 is 2.57 bits per heavy atom. The second-order valence-corrected chi connectivity index (χ2v) is 9.12. The fourth-order valence-corrected chi connectivity index (χ4v) is 4.40. The van der Waals surface area contributed by atoms with Gasteiger partial charge in [-0.05, 0) is 54.0 Å². The quantitative estimate of drug-likeness (QED) is 0.731. The lowest BCUT2D eigenvalue weighted by atomic mass is 10.2. The van der Waals surface area contributed by atoms with Gasteiger partial charge in [0.1, 0.15) is 6.04 Å². The molecule has 0 aliphatic carbocycles. The second kappa shape index (κ2) is 8.28. The van der Waals surface area contributed by atoms with Crippen molar-refractivity contribution in [3.63, 3.8) is 0 Å². The molecule has 8 heteroatoms. The van der Waals surface area contributed by atoms with Crippen LogP contribution in [-0.4, -0.2) is 29.3 Å². The fourth-order valence-electron chi connectivity index (χ4n) is 2.01. The van der Waals surface area contributed by atoms with E-state index < -0.39 is 6.04 Å². The van der Waals surface area contributed by atoms with Crippen molar-refractivity contribution in [2.45, 2.75) is 26.4 Å². The molecule has 0 fully saturated rings. The highest BCUT2D eigenvalue weighted by Gasteiger charge is 2.22. The number of amides is 2. The summed E-state index contributed by atoms with van der Waals surface area (Å²) in [5.74, 6) is -0.349. The molecule has 0 aromatic carbocycles. The van der Waals surface area contributed by atoms with Crippen LogP contribution >= 0.6 is 50.2 Å². The zero-order valence-corrected chi connectivity index (χ0v) is 16.6. The number of carbonyl (C=O) groups is 2. The van der Waals surface area contributed by atoms with E-state index in [0.717, 1.165) is 8.66 Å². The molecule has 2 heterocycles. The van der Waals surface area contributed by atoms with E-state index in [-0.39, 0.29) is 11.8 Å². The largest absolute Gasteiger partial charge is 0.340 e. The van der Waals surface area contributed by atoms with Crippen LogP contribution in [0.5, 0.6) is 0 Å². The van der Waals surface area contributed by atoms with Gasteiger partial charge in [-0.25, -0.2) is 0 Å². The number of halogens is 2. The Labute approximate surface area is 156 Å². The summed E-state index contributed by atoms with van der Waals surface area (Å²) in [5.41, 5.74) is 0. The lowest BCUT2D eigenvalue weighted by molar-refractivity contribution is -0.133. The number of carbonyl (C=O) groups excluding carboxylic acids is 2. The van der Waals surface area contributed by atoms with Gasteiger partial charge in [0, 0.05) is 11.4 Å². The number of nitrogens with one attached hydrogen (secondary N) is 1. The van der Waals surface area contributed by atoms with Gasteiger partial charge < -0.3 is 10.2 Å². The molecular weight excluding hydrogens is 420 g/mol. The van der Waals surface area contributed by atoms with Crippen LogP contribution in [0.1, 0.15) is 28.4 Å². The van der Waals surface area contributed by atoms with Gasteiger partial charge in [-0.3, -0.25) is 9.59 Å². The van der Waals surface area contributed by atoms with Crippen LogP contribution in [0.15, 0.2) is 28.1 Å². The summed E-state index contributed by atoms with van der Waals surface area (Å²) in [5, 5.41) is 2.75. The predicted molar refractivity (Wildman–Crippen MR) is 99.4 cm³/mol. The van der Waals surface area contributed by atoms with Crippen LogP contribution in [0.25, 0.3) is 0 Å². The average Bonchev–Trinajstić information content (AvgIpc) is 3.12. The van der Waals surface area contributed by atoms with E-state index in [1.807, 2.05) is 25.1 Å². The average molecular weight is 436 g/mol. The molecule has 1 unspecified atom stereocenters. The summed E-state index contributed by atoms with van der Waals surface area (Å²) >= 11 is 12.0. The summed E-state index contributed by atoms with van der Waals surface area (Å²) in [6.45, 7) is 4.68. The zero-order chi connectivity index (χ0) is 17.0. The molecule has 4 nitrogen and oxygen atoms in total. The molecule has 1 atom stereocenters. The standard InChI is InChI=1S/C15H16BrClN2O2S2/c1-3-19(8-10-4-7-13(17)22-10)15(21)9(2)18-14(20)11-5-6-12(16)23-11/h4-7,9H,3,8H2,1-2H3,(H,18,20). The minimum absolute atomic E-state index is 0.110. The summed E-state index contributed by atoms with van der Waals surface area (Å²) in [6, 6.07) is 6.69. The first kappa shape index (κ1) is 18.4. The first-order valence-corrected chi connectivity index (χ1v) is 9.80. The third-order valence-electron chi connectivity index (χ3n) is 3.18. The van der Waals surface area contributed by atoms with Gasteiger partial charge in [0.2, 0.25) is 5.91 Å². The number of rotatable bonds is 6. The molecule has 0 saturated carbocycles. The van der Waals surface area contributed by atoms with E-state index in [9.17, 15) is 9.59 Å². The fraction of sp³-hybridized carbons (Fsp3) is 0.333. The molecule has 2 aromatic rings. The van der Waals surface area contributed by atoms with Crippen molar-refractivity contribution in [2.75, 3.05) is 6.54 Å². The number of thiophene rings is 2. The molecular formula is C15H16BrClN2O2S2. The number of likely N-dealkylation sites (N-methyl/N-ethyl adjacent to an activating group) is 1. The second-order valence-electron chi connectivity index (χ2n) is 4.86. The van der Waals surface area contributed by atoms with E-state index in [1.54, 1.807) is 17.9 Å². The Bertz CT molecular complexity index is 701. The molecule has 2 aromatic heterocycles. The summed E-state index contributed by atoms with van der Waals surface area (Å²) < 4.78 is 1.58. The molecule has 0 radical (unpaired) electrons. The Morgan fingerprint density at radius 1 is 1.30 bits per heavy atom. The van der Waals surface area contributed by atoms with E-state index >= 15 is 0 Å². The van der Waals surface area contributed by atoms with E-state index in [2.05, 4.69) is 21.2 Å². The lowest BCUT2D eigenvalue weighted by Crippen LogP contribution is -2.46. The van der Waals surface area contributed by atoms with Crippen molar-refractivity contribution in [1.82, 2.24) is 10.2 Å². The van der Waals surface area contributed by atoms with Crippen LogP contribution in [-0.2, 0) is 11.3 Å². The van der Waals surface area contributed by atoms with Crippen molar-refractivity contribution < 1.29 is 9.59 Å². The third-order valence-corrected chi connectivity index (χ3v) is 6.02. The van der Waals surface area contributed by atoms with Crippen LogP contribution in [0.4, 0.5) is 0 Å². The van der Waals surface area contributed by atoms with Crippen LogP contribution in [0.3, 0.4) is 0 Å². The Morgan fingerprint density at radius 2 is 2.04 bits per heavy atom. The molecule has 0 spiro atoms. The molecule has 0 aliphatic heterocycles. The molecule has 2 amide bonds. The smallest absolute Gasteiger partial charge is 0.262 e. The molecule has 124 valence electrons. The zero-order valence-electron chi connectivity index (χ0n) is 12.6. The van der Waals surface area contributed by atoms with Crippen molar-refractivity contribution in [1.29, 1.82) is 0 Å². The maximum Gasteiger partial charge on any atom is 0.262 e. The molecule has 0 saturated heterocycles. The number of hydrogen-bond donors (Lipinski definition) is 1. The molecule has 23 heavy (non-hydrogen) atoms. The SMILES string of the molecule is CCN(Cc1ccc(Cl)s1)C(=O)C(C)NC(=O)c1ccc(Br)s1. The lowest BCUT2D eigenvalue weighted by Gasteiger charge is -2.24. The molecule has 1 N–H and O–H groups in total. The van der Waals surface area contributed by atoms with E-state index in [4.69, 9.17) is 11.6 Å². The normalized spacial score (nSPS) is 12.0. The number of hydrogen-bond acceptors (Lipinski definition) is 4. The Balaban J connectivity index is 1.97. The van der Waals surface area contributed by atoms with E-state index in [0.29, 0.717) is 22.3 Å². The first-order chi connectivity index (χ1) is 10.9. The van der Waals surface area contributed by atoms with Gasteiger partial charge in [-0.1, -0.05) is 11.6 Å². The first-order valence-electron chi connectivity index (χ1n) is 7.00. The highest BCUT2D eigenvalue weighted by molar-refractivity contribution is 9.11. The minimum atomic E-state index is -0.584. The van der Waals surface area contributed by atoms with Gasteiger partial charge in [0.25, 0.3) is 5.91 Å². The van der Waals surface area contributed by atoms with Crippen molar-refractivity contribution in [3.8, 4) is 0 Å². The Hall–Kier alpha value is -0.890. The molecule has 0 bridgehead atoms. The van der Waals surface area contributed by atoms with Gasteiger partial charge in [0.05, 0.1) is 19.5 Å². The van der Waals surface area contributed by atoms with E-state index in [1.165, 1.54) is 22.7 Å². The van der Waals surface area contributed by atoms with Crippen LogP contribution in [0.2, 0.25) is 4.34 Å². The van der Waals surface area contributed by atoms with Gasteiger partial charge >= 0.3 is 0 Å². The summed E-state index contributed by atoms with van der Waals surface area (Å²) in [6.07, 6.45) is 0. The van der Waals surface area contributed by atoms with Crippen molar-refractivity contribution in [3.05, 3.63) is 42.1 Å². The van der Waals surface area contributed by atoms with Gasteiger partial charge in [0.15, 0.2) is 0 Å². The van der Waals surface area contributed by atoms with Crippen molar-refractivity contribution >= 4 is 62.0 Å². The van der Waals surface area contributed by atoms with Crippen LogP contribution < -0.4 is 5.32 Å². The van der Waals surface area contributed by atoms with Gasteiger partial charge in [-0.2, -0.15) is 0 Å². The highest BCUT2D eigenvalue weighted by Crippen LogP contribution is 2.23. The van der Waals surface area contributed by atoms with Crippen LogP contribution in [0, 0.1) is 0 Å². The van der Waals surface area contributed by atoms with Gasteiger partial charge in [-0.15, -0.1) is 22.7 Å². The third kappa shape index (κ3) is 5.04. The minimum Gasteiger partial charge on any atom is -0.340 e. The monoisotopic (exact) mass is 434 g/mol. The summed E-state index contributed by atoms with van der Waals surface area (Å²) in [4.78, 5) is 28.0. The molecule has 2 rings (SSSR count).